The Morgan fingerprint density at radius 1 is 1.00 bits per heavy atom. The number of carbonyl (C=O) groups excluding carboxylic acids is 2. The highest BCUT2D eigenvalue weighted by atomic mass is 16.2. The molecule has 0 atom stereocenters. The molecule has 0 aliphatic heterocycles. The van der Waals surface area contributed by atoms with Crippen molar-refractivity contribution in [1.82, 2.24) is 15.4 Å². The Kier molecular flexibility index (Phi) is 6.20. The SMILES string of the molecule is C/C(CC(=O)Nc1ccccc1-c1ccccc1)=N/NC(=O)c1cnccn1. The Labute approximate surface area is 162 Å². The van der Waals surface area contributed by atoms with Gasteiger partial charge in [0, 0.05) is 29.4 Å². The van der Waals surface area contributed by atoms with Crippen molar-refractivity contribution < 1.29 is 9.59 Å². The summed E-state index contributed by atoms with van der Waals surface area (Å²) in [6.07, 6.45) is 4.28. The molecule has 1 heterocycles. The van der Waals surface area contributed by atoms with Crippen molar-refractivity contribution in [2.24, 2.45) is 5.10 Å². The van der Waals surface area contributed by atoms with Crippen LogP contribution in [0.5, 0.6) is 0 Å². The van der Waals surface area contributed by atoms with Crippen LogP contribution in [-0.2, 0) is 4.79 Å². The van der Waals surface area contributed by atoms with E-state index in [2.05, 4.69) is 25.8 Å². The average molecular weight is 373 g/mol. The maximum absolute atomic E-state index is 12.4. The number of hydrazone groups is 1. The van der Waals surface area contributed by atoms with Crippen LogP contribution in [0.15, 0.2) is 78.3 Å². The highest BCUT2D eigenvalue weighted by molar-refractivity contribution is 6.07. The molecule has 0 fully saturated rings. The summed E-state index contributed by atoms with van der Waals surface area (Å²) in [6, 6.07) is 17.4. The van der Waals surface area contributed by atoms with Gasteiger partial charge in [-0.1, -0.05) is 48.5 Å². The fourth-order valence-corrected chi connectivity index (χ4v) is 2.55. The third kappa shape index (κ3) is 5.07. The molecule has 0 aliphatic carbocycles. The molecule has 1 aromatic heterocycles. The summed E-state index contributed by atoms with van der Waals surface area (Å²) in [5, 5.41) is 6.86. The Morgan fingerprint density at radius 2 is 1.75 bits per heavy atom. The van der Waals surface area contributed by atoms with Gasteiger partial charge in [-0.15, -0.1) is 0 Å². The van der Waals surface area contributed by atoms with Crippen molar-refractivity contribution in [3.63, 3.8) is 0 Å². The third-order valence-corrected chi connectivity index (χ3v) is 3.85. The van der Waals surface area contributed by atoms with E-state index in [1.165, 1.54) is 18.6 Å². The number of nitrogens with one attached hydrogen (secondary N) is 2. The van der Waals surface area contributed by atoms with E-state index in [4.69, 9.17) is 0 Å². The lowest BCUT2D eigenvalue weighted by Crippen LogP contribution is -2.22. The molecular formula is C21H19N5O2. The molecule has 2 N–H and O–H groups in total. The number of hydrogen-bond donors (Lipinski definition) is 2. The summed E-state index contributed by atoms with van der Waals surface area (Å²) >= 11 is 0. The van der Waals surface area contributed by atoms with Crippen LogP contribution in [0.2, 0.25) is 0 Å². The van der Waals surface area contributed by atoms with Crippen molar-refractivity contribution in [1.29, 1.82) is 0 Å². The molecule has 3 rings (SSSR count). The molecule has 140 valence electrons. The van der Waals surface area contributed by atoms with Gasteiger partial charge in [0.05, 0.1) is 12.6 Å². The highest BCUT2D eigenvalue weighted by Gasteiger charge is 2.10. The van der Waals surface area contributed by atoms with Gasteiger partial charge in [0.2, 0.25) is 5.91 Å². The minimum atomic E-state index is -0.484. The fraction of sp³-hybridized carbons (Fsp3) is 0.0952. The molecule has 3 aromatic rings. The summed E-state index contributed by atoms with van der Waals surface area (Å²) < 4.78 is 0. The van der Waals surface area contributed by atoms with Gasteiger partial charge in [-0.3, -0.25) is 14.6 Å². The minimum Gasteiger partial charge on any atom is -0.325 e. The molecule has 0 spiro atoms. The van der Waals surface area contributed by atoms with Gasteiger partial charge in [-0.25, -0.2) is 10.4 Å². The van der Waals surface area contributed by atoms with Gasteiger partial charge >= 0.3 is 0 Å². The molecule has 28 heavy (non-hydrogen) atoms. The summed E-state index contributed by atoms with van der Waals surface area (Å²) in [7, 11) is 0. The van der Waals surface area contributed by atoms with E-state index in [0.29, 0.717) is 5.71 Å². The number of anilines is 1. The zero-order valence-corrected chi connectivity index (χ0v) is 15.3. The first-order valence-corrected chi connectivity index (χ1v) is 8.67. The van der Waals surface area contributed by atoms with Crippen molar-refractivity contribution in [3.05, 3.63) is 78.9 Å². The predicted molar refractivity (Wildman–Crippen MR) is 108 cm³/mol. The number of benzene rings is 2. The summed E-state index contributed by atoms with van der Waals surface area (Å²) in [5.74, 6) is -0.708. The quantitative estimate of drug-likeness (QED) is 0.512. The summed E-state index contributed by atoms with van der Waals surface area (Å²) in [6.45, 7) is 1.67. The second kappa shape index (κ2) is 9.18. The molecule has 2 amide bonds. The van der Waals surface area contributed by atoms with E-state index in [-0.39, 0.29) is 18.0 Å². The molecular weight excluding hydrogens is 354 g/mol. The van der Waals surface area contributed by atoms with Gasteiger partial charge in [0.1, 0.15) is 5.69 Å². The first-order chi connectivity index (χ1) is 13.6. The second-order valence-electron chi connectivity index (χ2n) is 6.02. The molecule has 0 unspecified atom stereocenters. The maximum atomic E-state index is 12.4. The van der Waals surface area contributed by atoms with Crippen molar-refractivity contribution in [3.8, 4) is 11.1 Å². The minimum absolute atomic E-state index is 0.0455. The van der Waals surface area contributed by atoms with Gasteiger partial charge in [0.15, 0.2) is 0 Å². The van der Waals surface area contributed by atoms with E-state index in [9.17, 15) is 9.59 Å². The van der Waals surface area contributed by atoms with E-state index in [1.54, 1.807) is 6.92 Å². The Balaban J connectivity index is 1.62. The third-order valence-electron chi connectivity index (χ3n) is 3.85. The number of para-hydroxylation sites is 1. The molecule has 0 aliphatic rings. The lowest BCUT2D eigenvalue weighted by molar-refractivity contribution is -0.115. The first-order valence-electron chi connectivity index (χ1n) is 8.67. The van der Waals surface area contributed by atoms with Crippen LogP contribution in [0, 0.1) is 0 Å². The van der Waals surface area contributed by atoms with Crippen molar-refractivity contribution in [2.45, 2.75) is 13.3 Å². The van der Waals surface area contributed by atoms with Crippen molar-refractivity contribution >= 4 is 23.2 Å². The standard InChI is InChI=1S/C21H19N5O2/c1-15(25-26-21(28)19-14-22-11-12-23-19)13-20(27)24-18-10-6-5-9-17(18)16-7-3-2-4-8-16/h2-12,14H,13H2,1H3,(H,24,27)(H,26,28)/b25-15-. The van der Waals surface area contributed by atoms with Crippen LogP contribution in [-0.4, -0.2) is 27.5 Å². The maximum Gasteiger partial charge on any atom is 0.291 e. The van der Waals surface area contributed by atoms with Gasteiger partial charge in [-0.2, -0.15) is 5.10 Å². The Morgan fingerprint density at radius 3 is 2.50 bits per heavy atom. The van der Waals surface area contributed by atoms with Crippen molar-refractivity contribution in [2.75, 3.05) is 5.32 Å². The molecule has 7 heteroatoms. The van der Waals surface area contributed by atoms with E-state index < -0.39 is 5.91 Å². The Bertz CT molecular complexity index is 988. The fourth-order valence-electron chi connectivity index (χ4n) is 2.55. The van der Waals surface area contributed by atoms with Crippen LogP contribution >= 0.6 is 0 Å². The average Bonchev–Trinajstić information content (AvgIpc) is 2.73. The smallest absolute Gasteiger partial charge is 0.291 e. The first kappa shape index (κ1) is 18.9. The Hall–Kier alpha value is -3.87. The number of carbonyl (C=O) groups is 2. The van der Waals surface area contributed by atoms with Crippen LogP contribution in [0.25, 0.3) is 11.1 Å². The van der Waals surface area contributed by atoms with Crippen LogP contribution in [0.3, 0.4) is 0 Å². The molecule has 0 saturated carbocycles. The van der Waals surface area contributed by atoms with E-state index in [1.807, 2.05) is 54.6 Å². The highest BCUT2D eigenvalue weighted by Crippen LogP contribution is 2.27. The van der Waals surface area contributed by atoms with Gasteiger partial charge in [-0.05, 0) is 18.6 Å². The summed E-state index contributed by atoms with van der Waals surface area (Å²) in [5.41, 5.74) is 5.65. The zero-order valence-electron chi connectivity index (χ0n) is 15.3. The number of aromatic nitrogens is 2. The molecule has 0 radical (unpaired) electrons. The number of amides is 2. The molecule has 0 bridgehead atoms. The topological polar surface area (TPSA) is 96.3 Å². The predicted octanol–water partition coefficient (Wildman–Crippen LogP) is 3.28. The normalized spacial score (nSPS) is 11.0. The number of nitrogens with zero attached hydrogens (tertiary/aromatic N) is 3. The van der Waals surface area contributed by atoms with Gasteiger partial charge in [0.25, 0.3) is 5.91 Å². The second-order valence-corrected chi connectivity index (χ2v) is 6.02. The lowest BCUT2D eigenvalue weighted by Gasteiger charge is -2.11. The number of rotatable bonds is 6. The van der Waals surface area contributed by atoms with E-state index in [0.717, 1.165) is 16.8 Å². The van der Waals surface area contributed by atoms with Crippen LogP contribution < -0.4 is 10.7 Å². The van der Waals surface area contributed by atoms with Gasteiger partial charge < -0.3 is 5.32 Å². The van der Waals surface area contributed by atoms with Crippen LogP contribution in [0.4, 0.5) is 5.69 Å². The lowest BCUT2D eigenvalue weighted by atomic mass is 10.0. The van der Waals surface area contributed by atoms with E-state index >= 15 is 0 Å². The zero-order chi connectivity index (χ0) is 19.8. The molecule has 7 nitrogen and oxygen atoms in total. The van der Waals surface area contributed by atoms with Crippen LogP contribution in [0.1, 0.15) is 23.8 Å². The largest absolute Gasteiger partial charge is 0.325 e. The molecule has 0 saturated heterocycles. The number of hydrogen-bond acceptors (Lipinski definition) is 5. The summed E-state index contributed by atoms with van der Waals surface area (Å²) in [4.78, 5) is 32.0. The monoisotopic (exact) mass is 373 g/mol. The molecule has 2 aromatic carbocycles.